The zero-order valence-electron chi connectivity index (χ0n) is 16.2. The molecular formula is C22H19N5O2S. The van der Waals surface area contributed by atoms with Crippen LogP contribution in [0.15, 0.2) is 77.8 Å². The Kier molecular flexibility index (Phi) is 5.01. The molecule has 4 rings (SSSR count). The van der Waals surface area contributed by atoms with Gasteiger partial charge in [0.25, 0.3) is 0 Å². The minimum absolute atomic E-state index is 0.0745. The lowest BCUT2D eigenvalue weighted by molar-refractivity contribution is 0.602. The summed E-state index contributed by atoms with van der Waals surface area (Å²) in [6.45, 7) is 0. The zero-order valence-corrected chi connectivity index (χ0v) is 17.0. The van der Waals surface area contributed by atoms with E-state index in [9.17, 15) is 8.42 Å². The minimum Gasteiger partial charge on any atom is -0.286 e. The molecule has 4 aromatic rings. The van der Waals surface area contributed by atoms with Crippen LogP contribution in [-0.4, -0.2) is 35.3 Å². The van der Waals surface area contributed by atoms with Gasteiger partial charge in [0.2, 0.25) is 0 Å². The van der Waals surface area contributed by atoms with Gasteiger partial charge in [0.15, 0.2) is 9.84 Å². The molecule has 8 heteroatoms. The molecule has 7 nitrogen and oxygen atoms in total. The summed E-state index contributed by atoms with van der Waals surface area (Å²) < 4.78 is 25.0. The van der Waals surface area contributed by atoms with Crippen molar-refractivity contribution in [2.75, 3.05) is 6.26 Å². The normalized spacial score (nSPS) is 11.5. The van der Waals surface area contributed by atoms with Crippen LogP contribution in [0.3, 0.4) is 0 Å². The van der Waals surface area contributed by atoms with Crippen molar-refractivity contribution in [2.45, 2.75) is 11.3 Å². The lowest BCUT2D eigenvalue weighted by atomic mass is 10.1. The monoisotopic (exact) mass is 417 g/mol. The van der Waals surface area contributed by atoms with Gasteiger partial charge in [0, 0.05) is 29.8 Å². The van der Waals surface area contributed by atoms with Crippen LogP contribution >= 0.6 is 0 Å². The first kappa shape index (κ1) is 19.7. The van der Waals surface area contributed by atoms with E-state index in [0.29, 0.717) is 17.7 Å². The van der Waals surface area contributed by atoms with E-state index in [1.807, 2.05) is 30.3 Å². The highest BCUT2D eigenvalue weighted by atomic mass is 32.2. The van der Waals surface area contributed by atoms with Gasteiger partial charge in [-0.3, -0.25) is 15.8 Å². The predicted octanol–water partition coefficient (Wildman–Crippen LogP) is 3.05. The van der Waals surface area contributed by atoms with Crippen LogP contribution in [-0.2, 0) is 16.3 Å². The minimum atomic E-state index is -3.35. The summed E-state index contributed by atoms with van der Waals surface area (Å²) in [5.41, 5.74) is 2.97. The van der Waals surface area contributed by atoms with Crippen molar-refractivity contribution in [3.8, 4) is 11.3 Å². The highest BCUT2D eigenvalue weighted by Crippen LogP contribution is 2.20. The van der Waals surface area contributed by atoms with Crippen molar-refractivity contribution in [3.05, 3.63) is 84.0 Å². The second-order valence-corrected chi connectivity index (χ2v) is 8.99. The fourth-order valence-electron chi connectivity index (χ4n) is 3.17. The number of hydrogen-bond acceptors (Lipinski definition) is 6. The van der Waals surface area contributed by atoms with E-state index < -0.39 is 9.84 Å². The maximum atomic E-state index is 11.8. The fourth-order valence-corrected chi connectivity index (χ4v) is 3.84. The Morgan fingerprint density at radius 3 is 2.67 bits per heavy atom. The molecule has 0 unspecified atom stereocenters. The van der Waals surface area contributed by atoms with Crippen LogP contribution in [0.2, 0.25) is 0 Å². The Balaban J connectivity index is 1.67. The van der Waals surface area contributed by atoms with Crippen molar-refractivity contribution >= 4 is 26.6 Å². The average Bonchev–Trinajstić information content (AvgIpc) is 2.73. The number of pyridine rings is 1. The molecule has 2 aromatic carbocycles. The molecule has 0 amide bonds. The molecule has 0 aliphatic rings. The fraction of sp³-hybridized carbons (Fsp3) is 0.0909. The van der Waals surface area contributed by atoms with Crippen LogP contribution in [0.5, 0.6) is 0 Å². The summed E-state index contributed by atoms with van der Waals surface area (Å²) in [4.78, 5) is 4.50. The first-order valence-corrected chi connectivity index (χ1v) is 11.1. The quantitative estimate of drug-likeness (QED) is 0.392. The third-order valence-corrected chi connectivity index (χ3v) is 5.80. The first-order chi connectivity index (χ1) is 14.3. The maximum absolute atomic E-state index is 11.8. The molecule has 2 aromatic heterocycles. The van der Waals surface area contributed by atoms with Crippen LogP contribution in [0.1, 0.15) is 5.56 Å². The number of rotatable bonds is 4. The Hall–Kier alpha value is -3.65. The molecule has 0 spiro atoms. The molecular weight excluding hydrogens is 398 g/mol. The lowest BCUT2D eigenvalue weighted by Crippen LogP contribution is -2.30. The van der Waals surface area contributed by atoms with E-state index in [1.165, 1.54) is 10.7 Å². The molecule has 150 valence electrons. The third-order valence-electron chi connectivity index (χ3n) is 4.69. The van der Waals surface area contributed by atoms with E-state index in [1.54, 1.807) is 36.5 Å². The van der Waals surface area contributed by atoms with E-state index in [0.717, 1.165) is 22.7 Å². The topological polar surface area (TPSA) is 113 Å². The van der Waals surface area contributed by atoms with Crippen LogP contribution in [0.25, 0.3) is 22.2 Å². The van der Waals surface area contributed by atoms with E-state index in [4.69, 9.17) is 10.8 Å². The molecule has 0 aliphatic heterocycles. The van der Waals surface area contributed by atoms with Gasteiger partial charge in [-0.2, -0.15) is 5.10 Å². The second kappa shape index (κ2) is 7.64. The van der Waals surface area contributed by atoms with E-state index >= 15 is 0 Å². The van der Waals surface area contributed by atoms with Gasteiger partial charge < -0.3 is 0 Å². The Labute approximate surface area is 173 Å². The summed E-state index contributed by atoms with van der Waals surface area (Å²) in [6.07, 6.45) is 3.18. The van der Waals surface area contributed by atoms with Crippen LogP contribution < -0.4 is 5.49 Å². The summed E-state index contributed by atoms with van der Waals surface area (Å²) in [7, 11) is -3.35. The number of aromatic nitrogens is 3. The average molecular weight is 417 g/mol. The standard InChI is InChI=1S/C22H19N5O2S/c1-30(28,29)18-6-2-4-17(14-18)20-9-10-21(23)27(26-20)22(24)13-15-7-8-19-16(12-15)5-3-11-25-19/h2-12,14,23-24H,13H2,1H3. The van der Waals surface area contributed by atoms with Crippen molar-refractivity contribution in [2.24, 2.45) is 0 Å². The third kappa shape index (κ3) is 4.04. The highest BCUT2D eigenvalue weighted by Gasteiger charge is 2.11. The van der Waals surface area contributed by atoms with Gasteiger partial charge in [-0.25, -0.2) is 13.1 Å². The number of sulfone groups is 1. The van der Waals surface area contributed by atoms with Crippen molar-refractivity contribution in [3.63, 3.8) is 0 Å². The largest absolute Gasteiger partial charge is 0.286 e. The predicted molar refractivity (Wildman–Crippen MR) is 115 cm³/mol. The molecule has 0 saturated heterocycles. The number of nitrogens with zero attached hydrogens (tertiary/aromatic N) is 3. The summed E-state index contributed by atoms with van der Waals surface area (Å²) in [5.74, 6) is 0.143. The van der Waals surface area contributed by atoms with Crippen molar-refractivity contribution in [1.29, 1.82) is 10.8 Å². The molecule has 2 N–H and O–H groups in total. The summed E-state index contributed by atoms with van der Waals surface area (Å²) in [6, 6.07) is 19.3. The van der Waals surface area contributed by atoms with Crippen molar-refractivity contribution in [1.82, 2.24) is 14.8 Å². The molecule has 0 aliphatic carbocycles. The summed E-state index contributed by atoms with van der Waals surface area (Å²) >= 11 is 0. The lowest BCUT2D eigenvalue weighted by Gasteiger charge is -2.11. The molecule has 0 saturated carbocycles. The smallest absolute Gasteiger partial charge is 0.175 e. The van der Waals surface area contributed by atoms with Crippen molar-refractivity contribution < 1.29 is 8.42 Å². The number of hydrogen-bond donors (Lipinski definition) is 2. The Bertz CT molecular complexity index is 1440. The molecule has 0 fully saturated rings. The van der Waals surface area contributed by atoms with E-state index in [2.05, 4.69) is 10.1 Å². The van der Waals surface area contributed by atoms with Gasteiger partial charge in [-0.05, 0) is 48.0 Å². The molecule has 0 radical (unpaired) electrons. The molecule has 0 atom stereocenters. The molecule has 2 heterocycles. The van der Waals surface area contributed by atoms with Gasteiger partial charge in [0.05, 0.1) is 16.1 Å². The Morgan fingerprint density at radius 1 is 1.03 bits per heavy atom. The zero-order chi connectivity index (χ0) is 21.3. The maximum Gasteiger partial charge on any atom is 0.175 e. The molecule has 0 bridgehead atoms. The van der Waals surface area contributed by atoms with Gasteiger partial charge in [-0.15, -0.1) is 0 Å². The van der Waals surface area contributed by atoms with E-state index in [-0.39, 0.29) is 16.2 Å². The summed E-state index contributed by atoms with van der Waals surface area (Å²) in [5, 5.41) is 22.0. The Morgan fingerprint density at radius 2 is 1.87 bits per heavy atom. The number of nitrogens with one attached hydrogen (secondary N) is 2. The number of fused-ring (bicyclic) bond motifs is 1. The van der Waals surface area contributed by atoms with Gasteiger partial charge in [0.1, 0.15) is 11.3 Å². The number of benzene rings is 2. The van der Waals surface area contributed by atoms with Gasteiger partial charge in [-0.1, -0.05) is 24.3 Å². The van der Waals surface area contributed by atoms with Crippen LogP contribution in [0, 0.1) is 10.8 Å². The SMILES string of the molecule is CS(=O)(=O)c1cccc(-c2ccc(=N)n(C(=N)Cc3ccc4ncccc4c3)n2)c1. The van der Waals surface area contributed by atoms with Gasteiger partial charge >= 0.3 is 0 Å². The highest BCUT2D eigenvalue weighted by molar-refractivity contribution is 7.90. The first-order valence-electron chi connectivity index (χ1n) is 9.18. The second-order valence-electron chi connectivity index (χ2n) is 6.97. The van der Waals surface area contributed by atoms with Crippen LogP contribution in [0.4, 0.5) is 0 Å². The molecule has 30 heavy (non-hydrogen) atoms.